The van der Waals surface area contributed by atoms with Gasteiger partial charge >= 0.3 is 0 Å². The zero-order valence-electron chi connectivity index (χ0n) is 19.7. The van der Waals surface area contributed by atoms with E-state index in [1.807, 2.05) is 46.9 Å². The Bertz CT molecular complexity index is 1290. The number of carbonyl (C=O) groups excluding carboxylic acids is 1. The van der Waals surface area contributed by atoms with Gasteiger partial charge < -0.3 is 14.2 Å². The summed E-state index contributed by atoms with van der Waals surface area (Å²) in [6, 6.07) is 12.4. The van der Waals surface area contributed by atoms with Gasteiger partial charge in [0.1, 0.15) is 11.6 Å². The lowest BCUT2D eigenvalue weighted by atomic mass is 9.84. The third-order valence-corrected chi connectivity index (χ3v) is 6.70. The van der Waals surface area contributed by atoms with Crippen LogP contribution in [0.15, 0.2) is 72.2 Å². The van der Waals surface area contributed by atoms with Crippen molar-refractivity contribution in [1.82, 2.24) is 14.5 Å². The molecule has 3 aromatic rings. The molecule has 0 aliphatic carbocycles. The molecule has 0 N–H and O–H groups in total. The van der Waals surface area contributed by atoms with Crippen LogP contribution in [0.25, 0.3) is 11.8 Å². The van der Waals surface area contributed by atoms with Crippen molar-refractivity contribution in [2.45, 2.75) is 45.2 Å². The molecule has 1 saturated heterocycles. The molecule has 0 bridgehead atoms. The number of aromatic nitrogens is 2. The van der Waals surface area contributed by atoms with Gasteiger partial charge in [0.15, 0.2) is 0 Å². The van der Waals surface area contributed by atoms with Crippen LogP contribution in [-0.2, 0) is 4.79 Å². The minimum Gasteiger partial charge on any atom is -0.495 e. The SMILES string of the molecule is COc1cc(/C=C2/CC[C@H]3CC(C)=C[C@H](c4ccc(F)cc4)N3C2=O)ccc1-n1cnc(C)c1. The molecular formula is C28H28FN3O2. The summed E-state index contributed by atoms with van der Waals surface area (Å²) in [4.78, 5) is 20.0. The molecule has 34 heavy (non-hydrogen) atoms. The fraction of sp³-hybridized carbons (Fsp3) is 0.286. The quantitative estimate of drug-likeness (QED) is 0.368. The van der Waals surface area contributed by atoms with E-state index in [9.17, 15) is 9.18 Å². The number of nitrogens with zero attached hydrogens (tertiary/aromatic N) is 3. The highest BCUT2D eigenvalue weighted by Gasteiger charge is 2.38. The highest BCUT2D eigenvalue weighted by molar-refractivity contribution is 5.99. The first kappa shape index (κ1) is 22.1. The number of carbonyl (C=O) groups is 1. The van der Waals surface area contributed by atoms with E-state index in [0.29, 0.717) is 5.75 Å². The third kappa shape index (κ3) is 4.16. The number of piperidine rings is 1. The number of amides is 1. The summed E-state index contributed by atoms with van der Waals surface area (Å²) in [5, 5.41) is 0. The van der Waals surface area contributed by atoms with Gasteiger partial charge in [-0.3, -0.25) is 4.79 Å². The molecule has 2 aliphatic rings. The second kappa shape index (κ2) is 8.93. The molecule has 0 unspecified atom stereocenters. The fourth-order valence-electron chi connectivity index (χ4n) is 5.05. The largest absolute Gasteiger partial charge is 0.495 e. The van der Waals surface area contributed by atoms with E-state index >= 15 is 0 Å². The minimum atomic E-state index is -0.273. The zero-order chi connectivity index (χ0) is 23.8. The number of rotatable bonds is 4. The van der Waals surface area contributed by atoms with Crippen LogP contribution in [0.2, 0.25) is 0 Å². The second-order valence-electron chi connectivity index (χ2n) is 9.14. The molecule has 0 saturated carbocycles. The number of methoxy groups -OCH3 is 1. The molecular weight excluding hydrogens is 429 g/mol. The predicted octanol–water partition coefficient (Wildman–Crippen LogP) is 5.79. The summed E-state index contributed by atoms with van der Waals surface area (Å²) in [5.41, 5.74) is 5.73. The van der Waals surface area contributed by atoms with Crippen molar-refractivity contribution in [3.63, 3.8) is 0 Å². The van der Waals surface area contributed by atoms with E-state index in [4.69, 9.17) is 4.74 Å². The van der Waals surface area contributed by atoms with Gasteiger partial charge in [-0.2, -0.15) is 0 Å². The summed E-state index contributed by atoms with van der Waals surface area (Å²) in [6.45, 7) is 4.06. The molecule has 3 heterocycles. The molecule has 0 radical (unpaired) electrons. The Morgan fingerprint density at radius 1 is 1.15 bits per heavy atom. The van der Waals surface area contributed by atoms with Crippen LogP contribution in [-0.4, -0.2) is 33.5 Å². The van der Waals surface area contributed by atoms with Gasteiger partial charge in [0, 0.05) is 17.8 Å². The number of imidazole rings is 1. The van der Waals surface area contributed by atoms with E-state index in [1.54, 1.807) is 25.6 Å². The number of aryl methyl sites for hydroxylation is 1. The number of ether oxygens (including phenoxy) is 1. The first-order chi connectivity index (χ1) is 16.4. The van der Waals surface area contributed by atoms with Gasteiger partial charge in [-0.1, -0.05) is 29.8 Å². The normalized spacial score (nSPS) is 21.4. The average molecular weight is 458 g/mol. The zero-order valence-corrected chi connectivity index (χ0v) is 19.7. The van der Waals surface area contributed by atoms with Gasteiger partial charge in [0.05, 0.1) is 30.9 Å². The molecule has 2 atom stereocenters. The molecule has 5 nitrogen and oxygen atoms in total. The first-order valence-corrected chi connectivity index (χ1v) is 11.6. The van der Waals surface area contributed by atoms with Gasteiger partial charge in [0.25, 0.3) is 5.91 Å². The molecule has 6 heteroatoms. The van der Waals surface area contributed by atoms with E-state index < -0.39 is 0 Å². The van der Waals surface area contributed by atoms with E-state index in [2.05, 4.69) is 18.0 Å². The maximum Gasteiger partial charge on any atom is 0.250 e. The summed E-state index contributed by atoms with van der Waals surface area (Å²) in [6.07, 6.45) is 10.3. The average Bonchev–Trinajstić information content (AvgIpc) is 3.26. The molecule has 1 aromatic heterocycles. The highest BCUT2D eigenvalue weighted by Crippen LogP contribution is 2.40. The predicted molar refractivity (Wildman–Crippen MR) is 130 cm³/mol. The van der Waals surface area contributed by atoms with Gasteiger partial charge in [-0.05, 0) is 74.6 Å². The van der Waals surface area contributed by atoms with E-state index in [1.165, 1.54) is 17.7 Å². The fourth-order valence-corrected chi connectivity index (χ4v) is 5.05. The monoisotopic (exact) mass is 457 g/mol. The third-order valence-electron chi connectivity index (χ3n) is 6.70. The second-order valence-corrected chi connectivity index (χ2v) is 9.14. The Labute approximate surface area is 199 Å². The first-order valence-electron chi connectivity index (χ1n) is 11.6. The molecule has 2 aliphatic heterocycles. The van der Waals surface area contributed by atoms with E-state index in [0.717, 1.165) is 47.3 Å². The lowest BCUT2D eigenvalue weighted by molar-refractivity contribution is -0.133. The van der Waals surface area contributed by atoms with Crippen molar-refractivity contribution in [3.05, 3.63) is 94.8 Å². The van der Waals surface area contributed by atoms with Crippen LogP contribution >= 0.6 is 0 Å². The van der Waals surface area contributed by atoms with Crippen molar-refractivity contribution in [1.29, 1.82) is 0 Å². The Morgan fingerprint density at radius 3 is 2.65 bits per heavy atom. The van der Waals surface area contributed by atoms with Crippen LogP contribution in [0.3, 0.4) is 0 Å². The molecule has 2 aromatic carbocycles. The van der Waals surface area contributed by atoms with Gasteiger partial charge in [-0.25, -0.2) is 9.37 Å². The number of fused-ring (bicyclic) bond motifs is 1. The smallest absolute Gasteiger partial charge is 0.250 e. The minimum absolute atomic E-state index is 0.0441. The number of benzene rings is 2. The van der Waals surface area contributed by atoms with Crippen molar-refractivity contribution in [2.75, 3.05) is 7.11 Å². The van der Waals surface area contributed by atoms with Crippen molar-refractivity contribution < 1.29 is 13.9 Å². The lowest BCUT2D eigenvalue weighted by Crippen LogP contribution is -2.48. The Balaban J connectivity index is 1.47. The maximum absolute atomic E-state index is 13.7. The summed E-state index contributed by atoms with van der Waals surface area (Å²) >= 11 is 0. The van der Waals surface area contributed by atoms with Gasteiger partial charge in [-0.15, -0.1) is 0 Å². The van der Waals surface area contributed by atoms with Crippen LogP contribution in [0.4, 0.5) is 4.39 Å². The number of hydrogen-bond acceptors (Lipinski definition) is 3. The van der Waals surface area contributed by atoms with Crippen molar-refractivity contribution in [3.8, 4) is 11.4 Å². The maximum atomic E-state index is 13.7. The Morgan fingerprint density at radius 2 is 1.94 bits per heavy atom. The number of halogens is 1. The lowest BCUT2D eigenvalue weighted by Gasteiger charge is -2.44. The summed E-state index contributed by atoms with van der Waals surface area (Å²) in [5.74, 6) is 0.488. The van der Waals surface area contributed by atoms with E-state index in [-0.39, 0.29) is 23.8 Å². The Hall–Kier alpha value is -3.67. The topological polar surface area (TPSA) is 47.4 Å². The molecule has 1 amide bonds. The van der Waals surface area contributed by atoms with Gasteiger partial charge in [0.2, 0.25) is 0 Å². The summed E-state index contributed by atoms with van der Waals surface area (Å²) < 4.78 is 21.1. The van der Waals surface area contributed by atoms with Crippen molar-refractivity contribution >= 4 is 12.0 Å². The Kier molecular flexibility index (Phi) is 5.82. The van der Waals surface area contributed by atoms with Crippen LogP contribution < -0.4 is 4.74 Å². The van der Waals surface area contributed by atoms with Crippen molar-refractivity contribution in [2.24, 2.45) is 0 Å². The molecule has 174 valence electrons. The standard InChI is InChI=1S/C28H28FN3O2/c1-18-12-24-10-7-22(28(33)32(24)26(13-18)21-5-8-23(29)9-6-21)14-20-4-11-25(27(15-20)34-3)31-16-19(2)30-17-31/h4-6,8-9,11,13-17,24,26H,7,10,12H2,1-3H3/b22-14-/t24-,26+/m0/s1. The molecule has 5 rings (SSSR count). The van der Waals surface area contributed by atoms with Crippen LogP contribution in [0.1, 0.15) is 49.0 Å². The summed E-state index contributed by atoms with van der Waals surface area (Å²) in [7, 11) is 1.64. The molecule has 1 fully saturated rings. The van der Waals surface area contributed by atoms with Crippen LogP contribution in [0.5, 0.6) is 5.75 Å². The molecule has 0 spiro atoms. The van der Waals surface area contributed by atoms with Crippen LogP contribution in [0, 0.1) is 12.7 Å². The highest BCUT2D eigenvalue weighted by atomic mass is 19.1. The number of hydrogen-bond donors (Lipinski definition) is 0.